The zero-order chi connectivity index (χ0) is 20.1. The monoisotopic (exact) mass is 404 g/mol. The minimum atomic E-state index is -0.808. The first-order chi connectivity index (χ1) is 13.4. The normalized spacial score (nSPS) is 20.4. The van der Waals surface area contributed by atoms with E-state index < -0.39 is 17.3 Å². The van der Waals surface area contributed by atoms with Crippen molar-refractivity contribution in [2.75, 3.05) is 5.32 Å². The van der Waals surface area contributed by atoms with Gasteiger partial charge in [-0.05, 0) is 37.3 Å². The second-order valence-electron chi connectivity index (χ2n) is 7.89. The van der Waals surface area contributed by atoms with E-state index in [1.807, 2.05) is 38.1 Å². The van der Waals surface area contributed by atoms with Gasteiger partial charge in [0.2, 0.25) is 5.91 Å². The lowest BCUT2D eigenvalue weighted by molar-refractivity contribution is -0.157. The number of amides is 2. The first kappa shape index (κ1) is 20.7. The van der Waals surface area contributed by atoms with Gasteiger partial charge in [0.1, 0.15) is 0 Å². The Morgan fingerprint density at radius 3 is 2.68 bits per heavy atom. The number of thioether (sulfide) groups is 1. The molecule has 1 fully saturated rings. The molecule has 0 spiro atoms. The molecule has 28 heavy (non-hydrogen) atoms. The predicted molar refractivity (Wildman–Crippen MR) is 109 cm³/mol. The lowest BCUT2D eigenvalue weighted by Crippen LogP contribution is -2.43. The first-order valence-electron chi connectivity index (χ1n) is 9.98. The number of esters is 1. The fraction of sp³-hybridized carbons (Fsp3) is 0.571. The first-order valence-corrected chi connectivity index (χ1v) is 10.9. The van der Waals surface area contributed by atoms with E-state index in [0.717, 1.165) is 36.3 Å². The molecule has 1 aliphatic heterocycles. The number of fused-ring (bicyclic) bond motifs is 1. The summed E-state index contributed by atoms with van der Waals surface area (Å²) in [6, 6.07) is 7.67. The third-order valence-corrected chi connectivity index (χ3v) is 6.29. The number of hydrogen-bond donors (Lipinski definition) is 2. The van der Waals surface area contributed by atoms with Crippen molar-refractivity contribution < 1.29 is 19.1 Å². The quantitative estimate of drug-likeness (QED) is 0.680. The van der Waals surface area contributed by atoms with Crippen molar-refractivity contribution in [3.63, 3.8) is 0 Å². The van der Waals surface area contributed by atoms with Gasteiger partial charge in [-0.2, -0.15) is 0 Å². The van der Waals surface area contributed by atoms with Crippen molar-refractivity contribution >= 4 is 35.2 Å². The molecule has 2 amide bonds. The second-order valence-corrected chi connectivity index (χ2v) is 9.14. The van der Waals surface area contributed by atoms with Crippen molar-refractivity contribution in [1.29, 1.82) is 0 Å². The molecule has 3 rings (SSSR count). The average molecular weight is 405 g/mol. The number of nitrogens with one attached hydrogen (secondary N) is 2. The number of rotatable bonds is 7. The fourth-order valence-corrected chi connectivity index (χ4v) is 4.68. The summed E-state index contributed by atoms with van der Waals surface area (Å²) in [5, 5.41) is 5.28. The van der Waals surface area contributed by atoms with Crippen LogP contribution in [0.2, 0.25) is 0 Å². The molecular formula is C21H28N2O4S. The van der Waals surface area contributed by atoms with E-state index in [-0.39, 0.29) is 30.2 Å². The van der Waals surface area contributed by atoms with Crippen LogP contribution in [-0.4, -0.2) is 35.2 Å². The SMILES string of the molecule is CC(C)C[C@@H](OC(=O)C[C@H]1Sc2ccccc2NC1=O)C(=O)NC1CCCC1. The van der Waals surface area contributed by atoms with Crippen LogP contribution in [0, 0.1) is 5.92 Å². The molecule has 2 atom stereocenters. The number of carbonyl (C=O) groups excluding carboxylic acids is 3. The van der Waals surface area contributed by atoms with Crippen LogP contribution in [0.4, 0.5) is 5.69 Å². The van der Waals surface area contributed by atoms with Crippen molar-refractivity contribution in [3.8, 4) is 0 Å². The summed E-state index contributed by atoms with van der Waals surface area (Å²) >= 11 is 1.36. The Morgan fingerprint density at radius 1 is 1.25 bits per heavy atom. The summed E-state index contributed by atoms with van der Waals surface area (Å²) in [6.07, 6.45) is 3.80. The van der Waals surface area contributed by atoms with Crippen molar-refractivity contribution in [2.45, 2.75) is 74.7 Å². The van der Waals surface area contributed by atoms with Crippen LogP contribution in [0.5, 0.6) is 0 Å². The van der Waals surface area contributed by atoms with Gasteiger partial charge in [0.15, 0.2) is 6.10 Å². The number of para-hydroxylation sites is 1. The molecule has 0 saturated heterocycles. The van der Waals surface area contributed by atoms with E-state index in [1.54, 1.807) is 0 Å². The molecule has 1 aromatic rings. The predicted octanol–water partition coefficient (Wildman–Crippen LogP) is 3.51. The maximum Gasteiger partial charge on any atom is 0.308 e. The van der Waals surface area contributed by atoms with E-state index in [4.69, 9.17) is 4.74 Å². The topological polar surface area (TPSA) is 84.5 Å². The smallest absolute Gasteiger partial charge is 0.308 e. The van der Waals surface area contributed by atoms with Crippen molar-refractivity contribution in [3.05, 3.63) is 24.3 Å². The molecule has 1 aromatic carbocycles. The maximum atomic E-state index is 12.6. The molecule has 0 unspecified atom stereocenters. The Labute approximate surface area is 170 Å². The molecule has 0 aromatic heterocycles. The highest BCUT2D eigenvalue weighted by molar-refractivity contribution is 8.01. The van der Waals surface area contributed by atoms with Crippen LogP contribution in [-0.2, 0) is 19.1 Å². The number of ether oxygens (including phenoxy) is 1. The van der Waals surface area contributed by atoms with Crippen LogP contribution in [0.3, 0.4) is 0 Å². The van der Waals surface area contributed by atoms with Crippen molar-refractivity contribution in [1.82, 2.24) is 5.32 Å². The zero-order valence-corrected chi connectivity index (χ0v) is 17.2. The zero-order valence-electron chi connectivity index (χ0n) is 16.4. The standard InChI is InChI=1S/C21H28N2O4S/c1-13(2)11-16(20(25)22-14-7-3-4-8-14)27-19(24)12-18-21(26)23-15-9-5-6-10-17(15)28-18/h5-6,9-10,13-14,16,18H,3-4,7-8,11-12H2,1-2H3,(H,22,25)(H,23,26)/t16-,18-/m1/s1. The Kier molecular flexibility index (Phi) is 6.99. The molecule has 2 aliphatic rings. The summed E-state index contributed by atoms with van der Waals surface area (Å²) in [5.41, 5.74) is 0.760. The maximum absolute atomic E-state index is 12.6. The van der Waals surface area contributed by atoms with E-state index in [0.29, 0.717) is 6.42 Å². The lowest BCUT2D eigenvalue weighted by Gasteiger charge is -2.25. The van der Waals surface area contributed by atoms with Gasteiger partial charge >= 0.3 is 5.97 Å². The summed E-state index contributed by atoms with van der Waals surface area (Å²) < 4.78 is 5.53. The highest BCUT2D eigenvalue weighted by Gasteiger charge is 2.32. The molecule has 6 nitrogen and oxygen atoms in total. The summed E-state index contributed by atoms with van der Waals surface area (Å²) in [4.78, 5) is 38.4. The Bertz CT molecular complexity index is 731. The van der Waals surface area contributed by atoms with Gasteiger partial charge in [0.05, 0.1) is 17.4 Å². The summed E-state index contributed by atoms with van der Waals surface area (Å²) in [6.45, 7) is 3.98. The van der Waals surface area contributed by atoms with Crippen LogP contribution in [0.1, 0.15) is 52.4 Å². The lowest BCUT2D eigenvalue weighted by atomic mass is 10.0. The molecule has 152 valence electrons. The number of carbonyl (C=O) groups is 3. The molecule has 1 heterocycles. The molecule has 1 saturated carbocycles. The van der Waals surface area contributed by atoms with Gasteiger partial charge < -0.3 is 15.4 Å². The molecule has 7 heteroatoms. The van der Waals surface area contributed by atoms with E-state index in [1.165, 1.54) is 11.8 Å². The number of benzene rings is 1. The van der Waals surface area contributed by atoms with Crippen LogP contribution in [0.15, 0.2) is 29.2 Å². The highest BCUT2D eigenvalue weighted by atomic mass is 32.2. The largest absolute Gasteiger partial charge is 0.452 e. The third-order valence-electron chi connectivity index (χ3n) is 5.01. The molecule has 2 N–H and O–H groups in total. The van der Waals surface area contributed by atoms with Gasteiger partial charge in [0.25, 0.3) is 5.91 Å². The molecular weight excluding hydrogens is 376 g/mol. The second kappa shape index (κ2) is 9.45. The Hall–Kier alpha value is -2.02. The summed E-state index contributed by atoms with van der Waals surface area (Å²) in [7, 11) is 0. The molecule has 1 aliphatic carbocycles. The Morgan fingerprint density at radius 2 is 1.96 bits per heavy atom. The van der Waals surface area contributed by atoms with Gasteiger partial charge in [-0.1, -0.05) is 38.8 Å². The minimum Gasteiger partial charge on any atom is -0.452 e. The van der Waals surface area contributed by atoms with Crippen molar-refractivity contribution in [2.24, 2.45) is 5.92 Å². The molecule has 0 bridgehead atoms. The fourth-order valence-electron chi connectivity index (χ4n) is 3.59. The third kappa shape index (κ3) is 5.50. The van der Waals surface area contributed by atoms with Crippen LogP contribution in [0.25, 0.3) is 0 Å². The van der Waals surface area contributed by atoms with Gasteiger partial charge in [0, 0.05) is 10.9 Å². The van der Waals surface area contributed by atoms with Crippen LogP contribution >= 0.6 is 11.8 Å². The number of anilines is 1. The number of hydrogen-bond acceptors (Lipinski definition) is 5. The van der Waals surface area contributed by atoms with Gasteiger partial charge in [-0.15, -0.1) is 11.8 Å². The van der Waals surface area contributed by atoms with E-state index >= 15 is 0 Å². The molecule has 0 radical (unpaired) electrons. The van der Waals surface area contributed by atoms with E-state index in [9.17, 15) is 14.4 Å². The minimum absolute atomic E-state index is 0.0594. The van der Waals surface area contributed by atoms with Gasteiger partial charge in [-0.25, -0.2) is 0 Å². The van der Waals surface area contributed by atoms with Gasteiger partial charge in [-0.3, -0.25) is 14.4 Å². The highest BCUT2D eigenvalue weighted by Crippen LogP contribution is 2.36. The average Bonchev–Trinajstić information content (AvgIpc) is 3.14. The van der Waals surface area contributed by atoms with Crippen LogP contribution < -0.4 is 10.6 Å². The van der Waals surface area contributed by atoms with E-state index in [2.05, 4.69) is 10.6 Å². The Balaban J connectivity index is 1.58. The summed E-state index contributed by atoms with van der Waals surface area (Å²) in [5.74, 6) is -0.734.